The molecule has 1 N–H and O–H groups in total. The first kappa shape index (κ1) is 23.5. The van der Waals surface area contributed by atoms with Gasteiger partial charge in [-0.2, -0.15) is 0 Å². The number of thiophene rings is 1. The van der Waals surface area contributed by atoms with Crippen molar-refractivity contribution in [3.05, 3.63) is 62.5 Å². The topological polar surface area (TPSA) is 125 Å². The van der Waals surface area contributed by atoms with Crippen LogP contribution >= 0.6 is 22.7 Å². The van der Waals surface area contributed by atoms with Crippen LogP contribution < -0.4 is 15.6 Å². The number of amides is 1. The Morgan fingerprint density at radius 2 is 1.91 bits per heavy atom. The number of nitrogens with one attached hydrogen (secondary N) is 1. The highest BCUT2D eigenvalue weighted by Gasteiger charge is 2.21. The number of rotatable bonds is 9. The van der Waals surface area contributed by atoms with Gasteiger partial charge in [0, 0.05) is 0 Å². The first-order chi connectivity index (χ1) is 16.5. The Balaban J connectivity index is 1.42. The normalized spacial score (nSPS) is 10.9. The van der Waals surface area contributed by atoms with Gasteiger partial charge >= 0.3 is 5.97 Å². The van der Waals surface area contributed by atoms with Gasteiger partial charge in [-0.3, -0.25) is 19.5 Å². The van der Waals surface area contributed by atoms with Gasteiger partial charge in [-0.15, -0.1) is 21.5 Å². The molecule has 12 heteroatoms. The number of aryl methyl sites for hydroxylation is 2. The molecule has 10 nitrogen and oxygen atoms in total. The van der Waals surface area contributed by atoms with Gasteiger partial charge < -0.3 is 9.47 Å². The lowest BCUT2D eigenvalue weighted by atomic mass is 10.2. The molecule has 1 amide bonds. The molecule has 0 aliphatic carbocycles. The summed E-state index contributed by atoms with van der Waals surface area (Å²) in [6.45, 7) is 3.63. The zero-order chi connectivity index (χ0) is 24.1. The van der Waals surface area contributed by atoms with Crippen molar-refractivity contribution in [1.29, 1.82) is 0 Å². The summed E-state index contributed by atoms with van der Waals surface area (Å²) in [6, 6.07) is 9.20. The Morgan fingerprint density at radius 1 is 1.12 bits per heavy atom. The number of ether oxygens (including phenoxy) is 2. The minimum Gasteiger partial charge on any atom is -0.490 e. The van der Waals surface area contributed by atoms with Crippen molar-refractivity contribution in [3.8, 4) is 5.75 Å². The van der Waals surface area contributed by atoms with E-state index in [0.29, 0.717) is 26.2 Å². The van der Waals surface area contributed by atoms with E-state index in [1.54, 1.807) is 6.92 Å². The SMILES string of the molecule is CCc1nnc(NC(=O)Cn2cnc3sc(C(=O)OCCOc4ccccc4)c(C)c3c2=O)s1. The van der Waals surface area contributed by atoms with Crippen LogP contribution in [0.15, 0.2) is 41.5 Å². The number of aromatic nitrogens is 4. The van der Waals surface area contributed by atoms with E-state index in [2.05, 4.69) is 20.5 Å². The molecule has 0 saturated heterocycles. The molecule has 0 fully saturated rings. The van der Waals surface area contributed by atoms with E-state index in [9.17, 15) is 14.4 Å². The van der Waals surface area contributed by atoms with Gasteiger partial charge in [0.15, 0.2) is 0 Å². The maximum Gasteiger partial charge on any atom is 0.348 e. The number of carbonyl (C=O) groups is 2. The number of benzene rings is 1. The van der Waals surface area contributed by atoms with Crippen molar-refractivity contribution in [1.82, 2.24) is 19.7 Å². The summed E-state index contributed by atoms with van der Waals surface area (Å²) < 4.78 is 12.0. The third kappa shape index (κ3) is 5.29. The number of fused-ring (bicyclic) bond motifs is 1. The van der Waals surface area contributed by atoms with Crippen molar-refractivity contribution in [2.24, 2.45) is 0 Å². The first-order valence-corrected chi connectivity index (χ1v) is 12.0. The van der Waals surface area contributed by atoms with Gasteiger partial charge in [0.05, 0.1) is 11.7 Å². The third-order valence-corrected chi connectivity index (χ3v) is 6.92. The Kier molecular flexibility index (Phi) is 7.28. The highest BCUT2D eigenvalue weighted by Crippen LogP contribution is 2.27. The van der Waals surface area contributed by atoms with E-state index in [-0.39, 0.29) is 25.1 Å². The molecule has 0 unspecified atom stereocenters. The predicted octanol–water partition coefficient (Wildman–Crippen LogP) is 3.05. The minimum atomic E-state index is -0.552. The molecule has 0 bridgehead atoms. The van der Waals surface area contributed by atoms with Crippen LogP contribution in [0.3, 0.4) is 0 Å². The summed E-state index contributed by atoms with van der Waals surface area (Å²) in [5.41, 5.74) is 0.0600. The van der Waals surface area contributed by atoms with E-state index in [4.69, 9.17) is 9.47 Å². The van der Waals surface area contributed by atoms with Gasteiger partial charge in [0.2, 0.25) is 11.0 Å². The maximum atomic E-state index is 13.0. The molecule has 1 aromatic carbocycles. The van der Waals surface area contributed by atoms with Crippen molar-refractivity contribution in [2.45, 2.75) is 26.8 Å². The number of esters is 1. The van der Waals surface area contributed by atoms with E-state index in [1.165, 1.54) is 22.2 Å². The largest absolute Gasteiger partial charge is 0.490 e. The first-order valence-electron chi connectivity index (χ1n) is 10.4. The number of carbonyl (C=O) groups excluding carboxylic acids is 2. The van der Waals surface area contributed by atoms with Crippen LogP contribution in [0, 0.1) is 6.92 Å². The fourth-order valence-electron chi connectivity index (χ4n) is 3.10. The fraction of sp³-hybridized carbons (Fsp3) is 0.273. The average molecular weight is 500 g/mol. The fourth-order valence-corrected chi connectivity index (χ4v) is 4.83. The van der Waals surface area contributed by atoms with Crippen molar-refractivity contribution < 1.29 is 19.1 Å². The van der Waals surface area contributed by atoms with Gasteiger partial charge in [-0.05, 0) is 31.0 Å². The number of hydrogen-bond acceptors (Lipinski definition) is 10. The molecule has 3 heterocycles. The van der Waals surface area contributed by atoms with E-state index >= 15 is 0 Å². The highest BCUT2D eigenvalue weighted by molar-refractivity contribution is 7.20. The molecule has 0 radical (unpaired) electrons. The molecule has 0 saturated carbocycles. The second kappa shape index (κ2) is 10.5. The number of nitrogens with zero attached hydrogens (tertiary/aromatic N) is 4. The number of para-hydroxylation sites is 1. The monoisotopic (exact) mass is 499 g/mol. The van der Waals surface area contributed by atoms with Crippen LogP contribution in [0.25, 0.3) is 10.2 Å². The lowest BCUT2D eigenvalue weighted by Gasteiger charge is -2.07. The lowest BCUT2D eigenvalue weighted by molar-refractivity contribution is -0.116. The zero-order valence-electron chi connectivity index (χ0n) is 18.4. The number of anilines is 1. The standard InChI is InChI=1S/C22H21N5O5S2/c1-3-16-25-26-22(33-16)24-15(28)11-27-12-23-19-17(20(27)29)13(2)18(34-19)21(30)32-10-9-31-14-7-5-4-6-8-14/h4-8,12H,3,9-11H2,1-2H3,(H,24,26,28). The number of hydrogen-bond donors (Lipinski definition) is 1. The summed E-state index contributed by atoms with van der Waals surface area (Å²) in [5.74, 6) is -0.292. The van der Waals surface area contributed by atoms with Crippen LogP contribution in [0.2, 0.25) is 0 Å². The second-order valence-corrected chi connectivity index (χ2v) is 9.18. The van der Waals surface area contributed by atoms with Crippen LogP contribution in [-0.2, 0) is 22.5 Å². The summed E-state index contributed by atoms with van der Waals surface area (Å²) >= 11 is 2.36. The predicted molar refractivity (Wildman–Crippen MR) is 129 cm³/mol. The van der Waals surface area contributed by atoms with Crippen LogP contribution in [0.4, 0.5) is 5.13 Å². The summed E-state index contributed by atoms with van der Waals surface area (Å²) in [4.78, 5) is 42.9. The summed E-state index contributed by atoms with van der Waals surface area (Å²) in [6.07, 6.45) is 2.01. The highest BCUT2D eigenvalue weighted by atomic mass is 32.1. The van der Waals surface area contributed by atoms with Gasteiger partial charge in [-0.1, -0.05) is 36.5 Å². The van der Waals surface area contributed by atoms with Crippen LogP contribution in [0.1, 0.15) is 27.2 Å². The van der Waals surface area contributed by atoms with Crippen molar-refractivity contribution >= 4 is 49.9 Å². The average Bonchev–Trinajstić information content (AvgIpc) is 3.43. The quantitative estimate of drug-likeness (QED) is 0.275. The van der Waals surface area contributed by atoms with Crippen molar-refractivity contribution in [3.63, 3.8) is 0 Å². The lowest BCUT2D eigenvalue weighted by Crippen LogP contribution is -2.27. The summed E-state index contributed by atoms with van der Waals surface area (Å²) in [7, 11) is 0. The zero-order valence-corrected chi connectivity index (χ0v) is 20.1. The van der Waals surface area contributed by atoms with Crippen LogP contribution in [0.5, 0.6) is 5.75 Å². The maximum absolute atomic E-state index is 13.0. The van der Waals surface area contributed by atoms with Gasteiger partial charge in [0.25, 0.3) is 5.56 Å². The molecular formula is C22H21N5O5S2. The third-order valence-electron chi connectivity index (χ3n) is 4.76. The second-order valence-electron chi connectivity index (χ2n) is 7.11. The Bertz CT molecular complexity index is 1380. The molecule has 0 aliphatic rings. The molecule has 0 atom stereocenters. The summed E-state index contributed by atoms with van der Waals surface area (Å²) in [5, 5.41) is 11.9. The van der Waals surface area contributed by atoms with Gasteiger partial charge in [0.1, 0.15) is 40.2 Å². The van der Waals surface area contributed by atoms with Crippen molar-refractivity contribution in [2.75, 3.05) is 18.5 Å². The molecule has 4 rings (SSSR count). The smallest absolute Gasteiger partial charge is 0.348 e. The minimum absolute atomic E-state index is 0.0601. The van der Waals surface area contributed by atoms with E-state index < -0.39 is 17.4 Å². The Morgan fingerprint density at radius 3 is 2.65 bits per heavy atom. The Hall–Kier alpha value is -3.64. The van der Waals surface area contributed by atoms with E-state index in [0.717, 1.165) is 22.8 Å². The Labute approximate surface area is 202 Å². The molecule has 4 aromatic rings. The van der Waals surface area contributed by atoms with Crippen LogP contribution in [-0.4, -0.2) is 44.8 Å². The molecular weight excluding hydrogens is 478 g/mol. The van der Waals surface area contributed by atoms with Gasteiger partial charge in [-0.25, -0.2) is 9.78 Å². The van der Waals surface area contributed by atoms with E-state index in [1.807, 2.05) is 37.3 Å². The molecule has 34 heavy (non-hydrogen) atoms. The molecule has 0 spiro atoms. The molecule has 0 aliphatic heterocycles. The molecule has 3 aromatic heterocycles. The molecule has 176 valence electrons.